The zero-order chi connectivity index (χ0) is 15.5. The van der Waals surface area contributed by atoms with Crippen LogP contribution < -0.4 is 10.6 Å². The molecule has 1 aromatic carbocycles. The number of carbonyl (C=O) groups excluding carboxylic acids is 2. The average molecular weight is 355 g/mol. The van der Waals surface area contributed by atoms with Crippen molar-refractivity contribution in [2.45, 2.75) is 19.8 Å². The predicted octanol–water partition coefficient (Wildman–Crippen LogP) is 2.24. The van der Waals surface area contributed by atoms with Gasteiger partial charge in [-0.1, -0.05) is 15.9 Å². The monoisotopic (exact) mass is 354 g/mol. The van der Waals surface area contributed by atoms with Crippen LogP contribution in [0.3, 0.4) is 0 Å². The Hall–Kier alpha value is -1.40. The van der Waals surface area contributed by atoms with Crippen LogP contribution in [0.4, 0.5) is 5.69 Å². The highest BCUT2D eigenvalue weighted by atomic mass is 79.9. The van der Waals surface area contributed by atoms with Crippen LogP contribution in [0.25, 0.3) is 0 Å². The van der Waals surface area contributed by atoms with Crippen molar-refractivity contribution in [2.24, 2.45) is 5.41 Å². The van der Waals surface area contributed by atoms with Crippen molar-refractivity contribution in [2.75, 3.05) is 25.6 Å². The van der Waals surface area contributed by atoms with E-state index >= 15 is 0 Å². The number of hydrogen-bond donors (Lipinski definition) is 2. The number of hydrogen-bond acceptors (Lipinski definition) is 3. The van der Waals surface area contributed by atoms with Gasteiger partial charge < -0.3 is 15.4 Å². The Balaban J connectivity index is 1.99. The molecule has 1 aliphatic carbocycles. The molecule has 1 aliphatic rings. The first-order chi connectivity index (χ1) is 9.99. The Kier molecular flexibility index (Phi) is 5.00. The van der Waals surface area contributed by atoms with Crippen molar-refractivity contribution in [3.63, 3.8) is 0 Å². The van der Waals surface area contributed by atoms with Gasteiger partial charge in [0.2, 0.25) is 11.8 Å². The van der Waals surface area contributed by atoms with Crippen LogP contribution in [0.5, 0.6) is 0 Å². The third-order valence-corrected chi connectivity index (χ3v) is 4.52. The number of carbonyl (C=O) groups is 2. The Labute approximate surface area is 132 Å². The smallest absolute Gasteiger partial charge is 0.240 e. The summed E-state index contributed by atoms with van der Waals surface area (Å²) in [6, 6.07) is 5.57. The molecule has 1 saturated carbocycles. The van der Waals surface area contributed by atoms with Gasteiger partial charge in [-0.15, -0.1) is 0 Å². The lowest BCUT2D eigenvalue weighted by Crippen LogP contribution is -2.41. The van der Waals surface area contributed by atoms with Crippen LogP contribution in [0.1, 0.15) is 18.4 Å². The van der Waals surface area contributed by atoms with Gasteiger partial charge >= 0.3 is 0 Å². The van der Waals surface area contributed by atoms with Gasteiger partial charge in [0, 0.05) is 23.8 Å². The number of benzene rings is 1. The SMILES string of the molecule is COCCNC(=O)C1(C(=O)Nc2ccc(Br)c(C)c2)CC1. The molecule has 0 heterocycles. The van der Waals surface area contributed by atoms with E-state index < -0.39 is 5.41 Å². The molecule has 0 aliphatic heterocycles. The molecule has 2 rings (SSSR count). The number of rotatable bonds is 6. The maximum atomic E-state index is 12.4. The maximum absolute atomic E-state index is 12.4. The number of halogens is 1. The topological polar surface area (TPSA) is 67.4 Å². The second kappa shape index (κ2) is 6.58. The van der Waals surface area contributed by atoms with E-state index in [1.165, 1.54) is 0 Å². The van der Waals surface area contributed by atoms with Crippen molar-refractivity contribution < 1.29 is 14.3 Å². The highest BCUT2D eigenvalue weighted by Crippen LogP contribution is 2.46. The summed E-state index contributed by atoms with van der Waals surface area (Å²) in [5, 5.41) is 5.57. The molecule has 2 N–H and O–H groups in total. The van der Waals surface area contributed by atoms with Gasteiger partial charge in [0.25, 0.3) is 0 Å². The number of nitrogens with one attached hydrogen (secondary N) is 2. The minimum atomic E-state index is -0.908. The highest BCUT2D eigenvalue weighted by Gasteiger charge is 2.56. The van der Waals surface area contributed by atoms with Crippen molar-refractivity contribution in [3.05, 3.63) is 28.2 Å². The van der Waals surface area contributed by atoms with Crippen LogP contribution in [0.2, 0.25) is 0 Å². The summed E-state index contributed by atoms with van der Waals surface area (Å²) in [7, 11) is 1.57. The lowest BCUT2D eigenvalue weighted by molar-refractivity contribution is -0.134. The minimum Gasteiger partial charge on any atom is -0.383 e. The Bertz CT molecular complexity index is 556. The molecule has 21 heavy (non-hydrogen) atoms. The average Bonchev–Trinajstić information content (AvgIpc) is 3.25. The Morgan fingerprint density at radius 2 is 2.05 bits per heavy atom. The second-order valence-corrected chi connectivity index (χ2v) is 6.10. The second-order valence-electron chi connectivity index (χ2n) is 5.25. The molecule has 0 saturated heterocycles. The molecular formula is C15H19BrN2O3. The van der Waals surface area contributed by atoms with Gasteiger partial charge in [0.15, 0.2) is 0 Å². The van der Waals surface area contributed by atoms with E-state index in [1.54, 1.807) is 7.11 Å². The van der Waals surface area contributed by atoms with Crippen LogP contribution >= 0.6 is 15.9 Å². The Morgan fingerprint density at radius 3 is 2.62 bits per heavy atom. The molecular weight excluding hydrogens is 336 g/mol. The van der Waals surface area contributed by atoms with Crippen molar-refractivity contribution in [3.8, 4) is 0 Å². The molecule has 0 atom stereocenters. The molecule has 5 nitrogen and oxygen atoms in total. The van der Waals surface area contributed by atoms with E-state index in [0.717, 1.165) is 10.0 Å². The van der Waals surface area contributed by atoms with Gasteiger partial charge in [-0.05, 0) is 43.5 Å². The molecule has 0 unspecified atom stereocenters. The van der Waals surface area contributed by atoms with E-state index in [2.05, 4.69) is 26.6 Å². The molecule has 2 amide bonds. The molecule has 0 spiro atoms. The number of methoxy groups -OCH3 is 1. The van der Waals surface area contributed by atoms with Gasteiger partial charge in [0.05, 0.1) is 6.61 Å². The minimum absolute atomic E-state index is 0.217. The van der Waals surface area contributed by atoms with E-state index in [-0.39, 0.29) is 11.8 Å². The third-order valence-electron chi connectivity index (χ3n) is 3.63. The number of aryl methyl sites for hydroxylation is 1. The summed E-state index contributed by atoms with van der Waals surface area (Å²) in [4.78, 5) is 24.5. The zero-order valence-electron chi connectivity index (χ0n) is 12.2. The summed E-state index contributed by atoms with van der Waals surface area (Å²) in [6.45, 7) is 2.81. The molecule has 0 aromatic heterocycles. The van der Waals surface area contributed by atoms with Gasteiger partial charge in [-0.3, -0.25) is 9.59 Å². The van der Waals surface area contributed by atoms with E-state index in [4.69, 9.17) is 4.74 Å². The maximum Gasteiger partial charge on any atom is 0.240 e. The van der Waals surface area contributed by atoms with E-state index in [0.29, 0.717) is 31.7 Å². The summed E-state index contributed by atoms with van der Waals surface area (Å²) in [5.74, 6) is -0.454. The summed E-state index contributed by atoms with van der Waals surface area (Å²) in [6.07, 6.45) is 1.18. The number of ether oxygens (including phenoxy) is 1. The predicted molar refractivity (Wildman–Crippen MR) is 84.1 cm³/mol. The first-order valence-electron chi connectivity index (χ1n) is 6.84. The van der Waals surface area contributed by atoms with E-state index in [9.17, 15) is 9.59 Å². The fourth-order valence-corrected chi connectivity index (χ4v) is 2.34. The zero-order valence-corrected chi connectivity index (χ0v) is 13.7. The first-order valence-corrected chi connectivity index (χ1v) is 7.64. The normalized spacial score (nSPS) is 15.4. The summed E-state index contributed by atoms with van der Waals surface area (Å²) >= 11 is 3.42. The first kappa shape index (κ1) is 16.0. The molecule has 6 heteroatoms. The molecule has 114 valence electrons. The van der Waals surface area contributed by atoms with Crippen LogP contribution in [0, 0.1) is 12.3 Å². The largest absolute Gasteiger partial charge is 0.383 e. The molecule has 0 bridgehead atoms. The lowest BCUT2D eigenvalue weighted by Gasteiger charge is -2.15. The van der Waals surface area contributed by atoms with Crippen LogP contribution in [-0.2, 0) is 14.3 Å². The lowest BCUT2D eigenvalue weighted by atomic mass is 10.0. The molecule has 1 aromatic rings. The van der Waals surface area contributed by atoms with Crippen molar-refractivity contribution in [1.82, 2.24) is 5.32 Å². The van der Waals surface area contributed by atoms with Gasteiger partial charge in [-0.2, -0.15) is 0 Å². The van der Waals surface area contributed by atoms with Crippen molar-refractivity contribution >= 4 is 33.4 Å². The van der Waals surface area contributed by atoms with Gasteiger partial charge in [-0.25, -0.2) is 0 Å². The highest BCUT2D eigenvalue weighted by molar-refractivity contribution is 9.10. The third kappa shape index (κ3) is 3.63. The quantitative estimate of drug-likeness (QED) is 0.608. The number of amides is 2. The fraction of sp³-hybridized carbons (Fsp3) is 0.467. The standard InChI is InChI=1S/C15H19BrN2O3/c1-10-9-11(3-4-12(10)16)18-14(20)15(5-6-15)13(19)17-7-8-21-2/h3-4,9H,5-8H2,1-2H3,(H,17,19)(H,18,20). The van der Waals surface area contributed by atoms with E-state index in [1.807, 2.05) is 25.1 Å². The Morgan fingerprint density at radius 1 is 1.33 bits per heavy atom. The fourth-order valence-electron chi connectivity index (χ4n) is 2.09. The summed E-state index contributed by atoms with van der Waals surface area (Å²) in [5.41, 5.74) is 0.827. The van der Waals surface area contributed by atoms with Gasteiger partial charge in [0.1, 0.15) is 5.41 Å². The number of anilines is 1. The molecule has 0 radical (unpaired) electrons. The van der Waals surface area contributed by atoms with Crippen LogP contribution in [0.15, 0.2) is 22.7 Å². The van der Waals surface area contributed by atoms with Crippen LogP contribution in [-0.4, -0.2) is 32.1 Å². The molecule has 1 fully saturated rings. The van der Waals surface area contributed by atoms with Crippen molar-refractivity contribution in [1.29, 1.82) is 0 Å². The summed E-state index contributed by atoms with van der Waals surface area (Å²) < 4.78 is 5.87.